The minimum absolute atomic E-state index is 0.0816. The van der Waals surface area contributed by atoms with E-state index in [4.69, 9.17) is 0 Å². The van der Waals surface area contributed by atoms with Gasteiger partial charge in [0.2, 0.25) is 15.9 Å². The van der Waals surface area contributed by atoms with Gasteiger partial charge in [-0.1, -0.05) is 13.0 Å². The Labute approximate surface area is 194 Å². The number of piperazine rings is 1. The van der Waals surface area contributed by atoms with Crippen molar-refractivity contribution < 1.29 is 26.4 Å². The second-order valence-corrected chi connectivity index (χ2v) is 10.6. The third kappa shape index (κ3) is 6.91. The van der Waals surface area contributed by atoms with E-state index in [1.54, 1.807) is 0 Å². The summed E-state index contributed by atoms with van der Waals surface area (Å²) in [7, 11) is -4.04. The van der Waals surface area contributed by atoms with Crippen LogP contribution in [0.5, 0.6) is 0 Å². The highest BCUT2D eigenvalue weighted by molar-refractivity contribution is 7.89. The number of carbonyl (C=O) groups is 1. The van der Waals surface area contributed by atoms with E-state index in [-0.39, 0.29) is 29.8 Å². The highest BCUT2D eigenvalue weighted by Gasteiger charge is 2.35. The first-order chi connectivity index (χ1) is 15.6. The number of hydrogen-bond donors (Lipinski definition) is 1. The van der Waals surface area contributed by atoms with Crippen LogP contribution in [0.2, 0.25) is 0 Å². The fourth-order valence-corrected chi connectivity index (χ4v) is 5.84. The van der Waals surface area contributed by atoms with Crippen molar-refractivity contribution in [3.8, 4) is 0 Å². The molecule has 0 unspecified atom stereocenters. The Morgan fingerprint density at radius 3 is 2.30 bits per heavy atom. The topological polar surface area (TPSA) is 73.0 Å². The van der Waals surface area contributed by atoms with Gasteiger partial charge in [-0.3, -0.25) is 4.79 Å². The van der Waals surface area contributed by atoms with Crippen molar-refractivity contribution in [3.63, 3.8) is 0 Å². The number of carbonyl (C=O) groups excluding carboxylic acids is 1. The van der Waals surface area contributed by atoms with Crippen molar-refractivity contribution in [2.45, 2.75) is 37.3 Å². The molecular formula is C22H33F3N4O3S. The fourth-order valence-electron chi connectivity index (χ4n) is 4.33. The molecule has 1 aromatic rings. The highest BCUT2D eigenvalue weighted by Crippen LogP contribution is 2.32. The number of hydrogen-bond acceptors (Lipinski definition) is 5. The Bertz CT molecular complexity index is 894. The zero-order valence-electron chi connectivity index (χ0n) is 19.0. The van der Waals surface area contributed by atoms with Crippen LogP contribution in [0.1, 0.15) is 31.7 Å². The Hall–Kier alpha value is -1.69. The smallest absolute Gasteiger partial charge is 0.356 e. The van der Waals surface area contributed by atoms with Crippen LogP contribution >= 0.6 is 0 Å². The van der Waals surface area contributed by atoms with Crippen LogP contribution in [-0.4, -0.2) is 87.3 Å². The highest BCUT2D eigenvalue weighted by atomic mass is 32.2. The third-order valence-electron chi connectivity index (χ3n) is 6.49. The zero-order valence-corrected chi connectivity index (χ0v) is 19.8. The van der Waals surface area contributed by atoms with Crippen LogP contribution in [0.15, 0.2) is 29.2 Å². The molecule has 3 rings (SSSR count). The summed E-state index contributed by atoms with van der Waals surface area (Å²) >= 11 is 0. The number of halogens is 3. The molecule has 0 spiro atoms. The molecule has 2 aliphatic rings. The second kappa shape index (κ2) is 11.2. The van der Waals surface area contributed by atoms with E-state index in [9.17, 15) is 26.4 Å². The molecule has 2 aliphatic heterocycles. The Balaban J connectivity index is 1.42. The number of rotatable bonds is 8. The summed E-state index contributed by atoms with van der Waals surface area (Å²) in [6, 6.07) is 3.78. The predicted molar refractivity (Wildman–Crippen MR) is 119 cm³/mol. The van der Waals surface area contributed by atoms with Crippen molar-refractivity contribution in [2.75, 3.05) is 58.9 Å². The molecule has 0 bridgehead atoms. The lowest BCUT2D eigenvalue weighted by Crippen LogP contribution is -2.47. The molecule has 186 valence electrons. The number of benzene rings is 1. The van der Waals surface area contributed by atoms with Crippen LogP contribution in [0.4, 0.5) is 13.2 Å². The zero-order chi connectivity index (χ0) is 24.1. The number of piperidine rings is 1. The van der Waals surface area contributed by atoms with Gasteiger partial charge in [-0.25, -0.2) is 8.42 Å². The molecule has 11 heteroatoms. The maximum Gasteiger partial charge on any atom is 0.416 e. The van der Waals surface area contributed by atoms with Crippen LogP contribution in [0, 0.1) is 5.92 Å². The number of likely N-dealkylation sites (N-methyl/N-ethyl adjacent to an activating group) is 1. The molecule has 7 nitrogen and oxygen atoms in total. The molecule has 1 aromatic carbocycles. The minimum Gasteiger partial charge on any atom is -0.356 e. The lowest BCUT2D eigenvalue weighted by Gasteiger charge is -2.34. The number of sulfonamides is 1. The average Bonchev–Trinajstić information content (AvgIpc) is 2.81. The molecule has 2 fully saturated rings. The van der Waals surface area contributed by atoms with Crippen molar-refractivity contribution in [2.24, 2.45) is 5.92 Å². The van der Waals surface area contributed by atoms with E-state index in [0.717, 1.165) is 57.8 Å². The van der Waals surface area contributed by atoms with Gasteiger partial charge < -0.3 is 15.1 Å². The maximum absolute atomic E-state index is 12.9. The molecule has 0 aliphatic carbocycles. The number of amides is 1. The molecule has 33 heavy (non-hydrogen) atoms. The molecule has 1 N–H and O–H groups in total. The van der Waals surface area contributed by atoms with E-state index in [1.165, 1.54) is 10.4 Å². The predicted octanol–water partition coefficient (Wildman–Crippen LogP) is 2.25. The number of alkyl halides is 3. The lowest BCUT2D eigenvalue weighted by molar-refractivity contribution is -0.137. The summed E-state index contributed by atoms with van der Waals surface area (Å²) < 4.78 is 65.6. The van der Waals surface area contributed by atoms with Crippen molar-refractivity contribution in [1.29, 1.82) is 0 Å². The number of nitrogens with zero attached hydrogens (tertiary/aromatic N) is 3. The van der Waals surface area contributed by atoms with Crippen molar-refractivity contribution in [1.82, 2.24) is 19.4 Å². The molecule has 0 atom stereocenters. The summed E-state index contributed by atoms with van der Waals surface area (Å²) in [5.74, 6) is -0.368. The lowest BCUT2D eigenvalue weighted by atomic mass is 9.97. The van der Waals surface area contributed by atoms with E-state index in [2.05, 4.69) is 22.0 Å². The van der Waals surface area contributed by atoms with E-state index < -0.39 is 21.8 Å². The van der Waals surface area contributed by atoms with Crippen LogP contribution < -0.4 is 5.32 Å². The molecule has 2 heterocycles. The van der Waals surface area contributed by atoms with Gasteiger partial charge in [-0.05, 0) is 50.6 Å². The summed E-state index contributed by atoms with van der Waals surface area (Å²) in [6.45, 7) is 9.20. The van der Waals surface area contributed by atoms with Crippen LogP contribution in [-0.2, 0) is 21.0 Å². The normalized spacial score (nSPS) is 20.1. The van der Waals surface area contributed by atoms with Crippen LogP contribution in [0.25, 0.3) is 0 Å². The van der Waals surface area contributed by atoms with Gasteiger partial charge in [-0.2, -0.15) is 17.5 Å². The molecule has 0 radical (unpaired) electrons. The first-order valence-corrected chi connectivity index (χ1v) is 12.9. The molecule has 2 saturated heterocycles. The van der Waals surface area contributed by atoms with Crippen molar-refractivity contribution in [3.05, 3.63) is 29.8 Å². The summed E-state index contributed by atoms with van der Waals surface area (Å²) in [6.07, 6.45) is -3.05. The van der Waals surface area contributed by atoms with E-state index in [0.29, 0.717) is 25.5 Å². The third-order valence-corrected chi connectivity index (χ3v) is 8.38. The standard InChI is InChI=1S/C22H33F3N4O3S/c1-2-27-13-15-28(16-14-27)10-4-9-26-21(30)18-7-11-29(12-8-18)33(31,32)20-6-3-5-19(17-20)22(23,24)25/h3,5-6,17-18H,2,4,7-16H2,1H3,(H,26,30). The molecule has 0 aromatic heterocycles. The maximum atomic E-state index is 12.9. The molecular weight excluding hydrogens is 457 g/mol. The van der Waals surface area contributed by atoms with Gasteiger partial charge in [0.15, 0.2) is 0 Å². The van der Waals surface area contributed by atoms with E-state index in [1.807, 2.05) is 0 Å². The Morgan fingerprint density at radius 1 is 1.06 bits per heavy atom. The van der Waals surface area contributed by atoms with Gasteiger partial charge in [0, 0.05) is 51.7 Å². The second-order valence-electron chi connectivity index (χ2n) is 8.62. The van der Waals surface area contributed by atoms with Gasteiger partial charge in [0.25, 0.3) is 0 Å². The minimum atomic E-state index is -4.61. The Morgan fingerprint density at radius 2 is 1.70 bits per heavy atom. The van der Waals surface area contributed by atoms with Gasteiger partial charge in [0.1, 0.15) is 0 Å². The Kier molecular flexibility index (Phi) is 8.76. The fraction of sp³-hybridized carbons (Fsp3) is 0.682. The van der Waals surface area contributed by atoms with E-state index >= 15 is 0 Å². The average molecular weight is 491 g/mol. The van der Waals surface area contributed by atoms with Crippen LogP contribution in [0.3, 0.4) is 0 Å². The van der Waals surface area contributed by atoms with Gasteiger partial charge >= 0.3 is 6.18 Å². The first-order valence-electron chi connectivity index (χ1n) is 11.5. The van der Waals surface area contributed by atoms with Crippen molar-refractivity contribution >= 4 is 15.9 Å². The van der Waals surface area contributed by atoms with Gasteiger partial charge in [-0.15, -0.1) is 0 Å². The largest absolute Gasteiger partial charge is 0.416 e. The summed E-state index contributed by atoms with van der Waals surface area (Å²) in [4.78, 5) is 16.9. The molecule has 0 saturated carbocycles. The summed E-state index contributed by atoms with van der Waals surface area (Å²) in [5, 5.41) is 2.95. The summed E-state index contributed by atoms with van der Waals surface area (Å²) in [5.41, 5.74) is -0.995. The first kappa shape index (κ1) is 25.9. The monoisotopic (exact) mass is 490 g/mol. The van der Waals surface area contributed by atoms with Gasteiger partial charge in [0.05, 0.1) is 10.5 Å². The molecule has 1 amide bonds. The quantitative estimate of drug-likeness (QED) is 0.566. The number of nitrogens with one attached hydrogen (secondary N) is 1. The SMILES string of the molecule is CCN1CCN(CCCNC(=O)C2CCN(S(=O)(=O)c3cccc(C(F)(F)F)c3)CC2)CC1.